The number of fused-ring (bicyclic) bond motifs is 1. The van der Waals surface area contributed by atoms with Crippen molar-refractivity contribution in [3.63, 3.8) is 0 Å². The van der Waals surface area contributed by atoms with Crippen LogP contribution in [0.3, 0.4) is 0 Å². The van der Waals surface area contributed by atoms with Crippen molar-refractivity contribution in [1.82, 2.24) is 9.78 Å². The fraction of sp³-hybridized carbons (Fsp3) is 0.273. The Bertz CT molecular complexity index is 1260. The lowest BCUT2D eigenvalue weighted by Crippen LogP contribution is -2.29. The summed E-state index contributed by atoms with van der Waals surface area (Å²) in [6.07, 6.45) is 1.27. The van der Waals surface area contributed by atoms with Gasteiger partial charge in [-0.15, -0.1) is 0 Å². The molecule has 0 aliphatic heterocycles. The fourth-order valence-electron chi connectivity index (χ4n) is 4.12. The summed E-state index contributed by atoms with van der Waals surface area (Å²) in [6, 6.07) is 12.8. The molecule has 10 nitrogen and oxygen atoms in total. The molecule has 10 heteroatoms. The minimum Gasteiger partial charge on any atom is -0.271 e. The van der Waals surface area contributed by atoms with E-state index in [1.165, 1.54) is 12.1 Å². The minimum atomic E-state index is -0.462. The van der Waals surface area contributed by atoms with Gasteiger partial charge in [0.05, 0.1) is 26.9 Å². The second-order valence-electron chi connectivity index (χ2n) is 8.53. The van der Waals surface area contributed by atoms with E-state index < -0.39 is 9.85 Å². The van der Waals surface area contributed by atoms with E-state index in [2.05, 4.69) is 29.5 Å². The van der Waals surface area contributed by atoms with Crippen LogP contribution in [0.25, 0.3) is 5.69 Å². The normalized spacial score (nSPS) is 15.9. The van der Waals surface area contributed by atoms with E-state index in [0.717, 1.165) is 11.3 Å². The average Bonchev–Trinajstić information content (AvgIpc) is 3.07. The molecule has 0 amide bonds. The van der Waals surface area contributed by atoms with Gasteiger partial charge in [-0.05, 0) is 37.3 Å². The highest BCUT2D eigenvalue weighted by molar-refractivity contribution is 6.04. The molecule has 0 radical (unpaired) electrons. The summed E-state index contributed by atoms with van der Waals surface area (Å²) in [5, 5.41) is 32.1. The number of hydrogen-bond donors (Lipinski definition) is 1. The molecule has 164 valence electrons. The molecule has 1 N–H and O–H groups in total. The monoisotopic (exact) mass is 434 g/mol. The quantitative estimate of drug-likeness (QED) is 0.454. The Morgan fingerprint density at radius 2 is 1.62 bits per heavy atom. The Balaban J connectivity index is 1.83. The maximum absolute atomic E-state index is 11.6. The van der Waals surface area contributed by atoms with Crippen molar-refractivity contribution >= 4 is 22.8 Å². The summed E-state index contributed by atoms with van der Waals surface area (Å²) in [5.41, 5.74) is 6.28. The molecular weight excluding hydrogens is 412 g/mol. The number of aromatic nitrogens is 2. The van der Waals surface area contributed by atoms with Crippen molar-refractivity contribution in [2.24, 2.45) is 10.5 Å². The van der Waals surface area contributed by atoms with Crippen molar-refractivity contribution in [3.05, 3.63) is 85.7 Å². The third-order valence-corrected chi connectivity index (χ3v) is 5.46. The molecule has 0 fully saturated rings. The molecule has 4 rings (SSSR count). The summed E-state index contributed by atoms with van der Waals surface area (Å²) in [5.74, 6) is 0. The van der Waals surface area contributed by atoms with Crippen LogP contribution in [0.1, 0.15) is 37.2 Å². The molecule has 0 saturated heterocycles. The predicted octanol–water partition coefficient (Wildman–Crippen LogP) is 4.79. The molecule has 1 heterocycles. The Morgan fingerprint density at radius 1 is 1.00 bits per heavy atom. The zero-order valence-electron chi connectivity index (χ0n) is 17.9. The lowest BCUT2D eigenvalue weighted by Gasteiger charge is -2.31. The average molecular weight is 434 g/mol. The number of para-hydroxylation sites is 4. The third kappa shape index (κ3) is 3.82. The standard InChI is InChI=1S/C22H22N6O4/c1-14-21-16(24-23-15-8-4-5-9-17(15)27(29)30)12-22(2,3)13-20(21)26(25-14)18-10-6-7-11-19(18)28(31)32/h4-11,23H,12-13H2,1-3H3/b24-16+. The van der Waals surface area contributed by atoms with Crippen LogP contribution in [0.15, 0.2) is 53.6 Å². The first-order valence-electron chi connectivity index (χ1n) is 10.1. The molecule has 3 aromatic rings. The van der Waals surface area contributed by atoms with Crippen molar-refractivity contribution in [3.8, 4) is 5.69 Å². The predicted molar refractivity (Wildman–Crippen MR) is 120 cm³/mol. The topological polar surface area (TPSA) is 128 Å². The number of rotatable bonds is 5. The lowest BCUT2D eigenvalue weighted by atomic mass is 9.75. The van der Waals surface area contributed by atoms with Gasteiger partial charge in [0.1, 0.15) is 11.4 Å². The first-order chi connectivity index (χ1) is 15.2. The largest absolute Gasteiger partial charge is 0.294 e. The van der Waals surface area contributed by atoms with E-state index in [0.29, 0.717) is 35.6 Å². The van der Waals surface area contributed by atoms with Gasteiger partial charge in [0.25, 0.3) is 11.4 Å². The number of aryl methyl sites for hydroxylation is 1. The summed E-state index contributed by atoms with van der Waals surface area (Å²) in [4.78, 5) is 22.0. The van der Waals surface area contributed by atoms with Gasteiger partial charge in [0.2, 0.25) is 0 Å². The van der Waals surface area contributed by atoms with Crippen molar-refractivity contribution in [1.29, 1.82) is 0 Å². The molecular formula is C22H22N6O4. The highest BCUT2D eigenvalue weighted by Crippen LogP contribution is 2.38. The van der Waals surface area contributed by atoms with E-state index >= 15 is 0 Å². The van der Waals surface area contributed by atoms with Crippen LogP contribution in [-0.2, 0) is 6.42 Å². The molecule has 2 aromatic carbocycles. The van der Waals surface area contributed by atoms with Crippen LogP contribution in [0.5, 0.6) is 0 Å². The molecule has 1 aromatic heterocycles. The SMILES string of the molecule is Cc1nn(-c2ccccc2[N+](=O)[O-])c2c1/C(=N/Nc1ccccc1[N+](=O)[O-])CC(C)(C)C2. The van der Waals surface area contributed by atoms with Gasteiger partial charge in [-0.25, -0.2) is 4.68 Å². The van der Waals surface area contributed by atoms with Gasteiger partial charge < -0.3 is 0 Å². The molecule has 1 aliphatic rings. The Labute approximate surface area is 183 Å². The van der Waals surface area contributed by atoms with E-state index in [9.17, 15) is 20.2 Å². The number of nitrogens with one attached hydrogen (secondary N) is 1. The smallest absolute Gasteiger partial charge is 0.271 e. The van der Waals surface area contributed by atoms with Crippen LogP contribution in [0, 0.1) is 32.6 Å². The fourth-order valence-corrected chi connectivity index (χ4v) is 4.12. The number of hydrazone groups is 1. The van der Waals surface area contributed by atoms with E-state index in [1.807, 2.05) is 6.92 Å². The van der Waals surface area contributed by atoms with Gasteiger partial charge in [0, 0.05) is 17.7 Å². The van der Waals surface area contributed by atoms with Gasteiger partial charge in [-0.2, -0.15) is 10.2 Å². The first-order valence-corrected chi connectivity index (χ1v) is 10.1. The maximum atomic E-state index is 11.6. The van der Waals surface area contributed by atoms with Gasteiger partial charge in [-0.1, -0.05) is 38.1 Å². The van der Waals surface area contributed by atoms with Crippen LogP contribution in [0.2, 0.25) is 0 Å². The van der Waals surface area contributed by atoms with Crippen molar-refractivity contribution < 1.29 is 9.85 Å². The molecule has 0 unspecified atom stereocenters. The number of benzene rings is 2. The second kappa shape index (κ2) is 7.88. The zero-order valence-corrected chi connectivity index (χ0v) is 17.9. The van der Waals surface area contributed by atoms with Crippen LogP contribution in [-0.4, -0.2) is 25.3 Å². The summed E-state index contributed by atoms with van der Waals surface area (Å²) in [7, 11) is 0. The molecule has 0 saturated carbocycles. The zero-order chi connectivity index (χ0) is 23.0. The minimum absolute atomic E-state index is 0.0299. The highest BCUT2D eigenvalue weighted by atomic mass is 16.6. The Kier molecular flexibility index (Phi) is 5.21. The van der Waals surface area contributed by atoms with Gasteiger partial charge >= 0.3 is 0 Å². The number of nitro groups is 2. The maximum Gasteiger partial charge on any atom is 0.294 e. The first kappa shape index (κ1) is 21.2. The summed E-state index contributed by atoms with van der Waals surface area (Å²) < 4.78 is 1.63. The molecule has 0 atom stereocenters. The van der Waals surface area contributed by atoms with Crippen LogP contribution >= 0.6 is 0 Å². The Morgan fingerprint density at radius 3 is 2.31 bits per heavy atom. The van der Waals surface area contributed by atoms with Crippen LogP contribution in [0.4, 0.5) is 17.1 Å². The van der Waals surface area contributed by atoms with Gasteiger partial charge in [-0.3, -0.25) is 25.7 Å². The molecule has 1 aliphatic carbocycles. The van der Waals surface area contributed by atoms with Crippen LogP contribution < -0.4 is 5.43 Å². The second-order valence-corrected chi connectivity index (χ2v) is 8.53. The third-order valence-electron chi connectivity index (χ3n) is 5.46. The summed E-state index contributed by atoms with van der Waals surface area (Å²) >= 11 is 0. The van der Waals surface area contributed by atoms with E-state index in [1.54, 1.807) is 41.1 Å². The number of anilines is 1. The number of nitrogens with zero attached hydrogens (tertiary/aromatic N) is 5. The van der Waals surface area contributed by atoms with Gasteiger partial charge in [0.15, 0.2) is 0 Å². The van der Waals surface area contributed by atoms with E-state index in [-0.39, 0.29) is 16.8 Å². The molecule has 0 spiro atoms. The highest BCUT2D eigenvalue weighted by Gasteiger charge is 2.36. The molecule has 0 bridgehead atoms. The van der Waals surface area contributed by atoms with E-state index in [4.69, 9.17) is 0 Å². The number of hydrogen-bond acceptors (Lipinski definition) is 7. The number of nitro benzene ring substituents is 2. The molecule has 32 heavy (non-hydrogen) atoms. The van der Waals surface area contributed by atoms with Crippen molar-refractivity contribution in [2.75, 3.05) is 5.43 Å². The summed E-state index contributed by atoms with van der Waals surface area (Å²) in [6.45, 7) is 6.01. The lowest BCUT2D eigenvalue weighted by molar-refractivity contribution is -0.384. The Hall–Kier alpha value is -4.08. The van der Waals surface area contributed by atoms with Crippen molar-refractivity contribution in [2.45, 2.75) is 33.6 Å².